The molecule has 0 spiro atoms. The van der Waals surface area contributed by atoms with E-state index in [-0.39, 0.29) is 5.41 Å². The maximum Gasteiger partial charge on any atom is 0.193 e. The number of rotatable bonds is 5. The summed E-state index contributed by atoms with van der Waals surface area (Å²) in [6, 6.07) is 6.52. The molecule has 172 valence electrons. The number of fused-ring (bicyclic) bond motifs is 1. The number of aryl methyl sites for hydroxylation is 1. The van der Waals surface area contributed by atoms with Crippen LogP contribution in [0.2, 0.25) is 0 Å². The van der Waals surface area contributed by atoms with Crippen LogP contribution >= 0.6 is 0 Å². The third kappa shape index (κ3) is 4.17. The Bertz CT molecular complexity index is 963. The van der Waals surface area contributed by atoms with Gasteiger partial charge in [0.15, 0.2) is 17.5 Å². The Balaban J connectivity index is 1.35. The van der Waals surface area contributed by atoms with Gasteiger partial charge in [-0.1, -0.05) is 18.9 Å². The third-order valence-corrected chi connectivity index (χ3v) is 7.27. The molecule has 32 heavy (non-hydrogen) atoms. The number of nitrogens with zero attached hydrogens (tertiary/aromatic N) is 4. The van der Waals surface area contributed by atoms with Crippen molar-refractivity contribution in [2.45, 2.75) is 50.4 Å². The number of benzene rings is 1. The lowest BCUT2D eigenvalue weighted by molar-refractivity contribution is 0.171. The number of guanidine groups is 1. The van der Waals surface area contributed by atoms with Crippen molar-refractivity contribution < 1.29 is 9.47 Å². The van der Waals surface area contributed by atoms with Crippen LogP contribution in [0.5, 0.6) is 11.5 Å². The summed E-state index contributed by atoms with van der Waals surface area (Å²) in [6.07, 6.45) is 10.2. The van der Waals surface area contributed by atoms with E-state index < -0.39 is 0 Å². The molecule has 1 saturated carbocycles. The number of likely N-dealkylation sites (tertiary alicyclic amines) is 1. The molecule has 2 fully saturated rings. The zero-order chi connectivity index (χ0) is 22.0. The molecule has 7 heteroatoms. The van der Waals surface area contributed by atoms with Crippen LogP contribution in [0.15, 0.2) is 35.6 Å². The van der Waals surface area contributed by atoms with E-state index in [4.69, 9.17) is 14.5 Å². The van der Waals surface area contributed by atoms with Crippen LogP contribution < -0.4 is 14.8 Å². The molecule has 3 heterocycles. The number of hydrogen-bond acceptors (Lipinski definition) is 4. The Labute approximate surface area is 190 Å². The molecule has 0 amide bonds. The van der Waals surface area contributed by atoms with E-state index >= 15 is 0 Å². The number of ether oxygens (including phenoxy) is 2. The lowest BCUT2D eigenvalue weighted by Gasteiger charge is -2.31. The smallest absolute Gasteiger partial charge is 0.193 e. The first kappa shape index (κ1) is 21.2. The normalized spacial score (nSPS) is 22.4. The van der Waals surface area contributed by atoms with Crippen LogP contribution in [0.1, 0.15) is 56.1 Å². The van der Waals surface area contributed by atoms with E-state index in [1.165, 1.54) is 36.8 Å². The molecule has 2 aliphatic heterocycles. The van der Waals surface area contributed by atoms with E-state index in [2.05, 4.69) is 46.6 Å². The third-order valence-electron chi connectivity index (χ3n) is 7.27. The fraction of sp³-hybridized carbons (Fsp3) is 0.600. The van der Waals surface area contributed by atoms with Crippen molar-refractivity contribution in [3.63, 3.8) is 0 Å². The molecule has 1 unspecified atom stereocenters. The van der Waals surface area contributed by atoms with Gasteiger partial charge in [0.1, 0.15) is 13.2 Å². The lowest BCUT2D eigenvalue weighted by Crippen LogP contribution is -2.41. The molecule has 7 nitrogen and oxygen atoms in total. The Kier molecular flexibility index (Phi) is 5.98. The largest absolute Gasteiger partial charge is 0.486 e. The minimum Gasteiger partial charge on any atom is -0.486 e. The van der Waals surface area contributed by atoms with Gasteiger partial charge in [0.25, 0.3) is 0 Å². The van der Waals surface area contributed by atoms with E-state index in [9.17, 15) is 0 Å². The van der Waals surface area contributed by atoms with E-state index in [0.717, 1.165) is 50.1 Å². The summed E-state index contributed by atoms with van der Waals surface area (Å²) in [5.41, 5.74) is 2.75. The number of hydrogen-bond donors (Lipinski definition) is 1. The van der Waals surface area contributed by atoms with Gasteiger partial charge in [-0.25, -0.2) is 0 Å². The van der Waals surface area contributed by atoms with Gasteiger partial charge in [-0.2, -0.15) is 5.10 Å². The van der Waals surface area contributed by atoms with Crippen LogP contribution in [0.25, 0.3) is 0 Å². The van der Waals surface area contributed by atoms with Crippen LogP contribution in [0, 0.1) is 0 Å². The second-order valence-electron chi connectivity index (χ2n) is 9.39. The molecule has 1 aliphatic carbocycles. The van der Waals surface area contributed by atoms with Crippen molar-refractivity contribution in [1.82, 2.24) is 20.0 Å². The van der Waals surface area contributed by atoms with Gasteiger partial charge in [0.2, 0.25) is 0 Å². The highest BCUT2D eigenvalue weighted by Gasteiger charge is 2.37. The summed E-state index contributed by atoms with van der Waals surface area (Å²) in [7, 11) is 1.99. The number of aliphatic imine (C=N–C) groups is 1. The quantitative estimate of drug-likeness (QED) is 0.573. The Morgan fingerprint density at radius 3 is 2.78 bits per heavy atom. The van der Waals surface area contributed by atoms with Gasteiger partial charge in [0, 0.05) is 44.2 Å². The predicted octanol–water partition coefficient (Wildman–Crippen LogP) is 3.46. The molecular formula is C25H35N5O2. The zero-order valence-corrected chi connectivity index (χ0v) is 19.3. The Hall–Kier alpha value is -2.70. The molecule has 2 aromatic rings. The summed E-state index contributed by atoms with van der Waals surface area (Å²) < 4.78 is 13.5. The second kappa shape index (κ2) is 9.04. The van der Waals surface area contributed by atoms with E-state index in [0.29, 0.717) is 19.1 Å². The van der Waals surface area contributed by atoms with Crippen LogP contribution in [0.4, 0.5) is 0 Å². The van der Waals surface area contributed by atoms with E-state index in [1.54, 1.807) is 0 Å². The van der Waals surface area contributed by atoms with Crippen LogP contribution in [-0.2, 0) is 12.5 Å². The second-order valence-corrected chi connectivity index (χ2v) is 9.39. The fourth-order valence-corrected chi connectivity index (χ4v) is 5.49. The first-order chi connectivity index (χ1) is 15.7. The zero-order valence-electron chi connectivity index (χ0n) is 19.3. The maximum absolute atomic E-state index is 5.88. The number of nitrogens with one attached hydrogen (secondary N) is 1. The van der Waals surface area contributed by atoms with Crippen molar-refractivity contribution in [3.8, 4) is 11.5 Å². The van der Waals surface area contributed by atoms with Gasteiger partial charge in [-0.15, -0.1) is 0 Å². The molecule has 1 atom stereocenters. The monoisotopic (exact) mass is 437 g/mol. The van der Waals surface area contributed by atoms with Gasteiger partial charge in [0.05, 0.1) is 12.7 Å². The maximum atomic E-state index is 5.88. The average molecular weight is 438 g/mol. The predicted molar refractivity (Wildman–Crippen MR) is 126 cm³/mol. The summed E-state index contributed by atoms with van der Waals surface area (Å²) in [5.74, 6) is 3.31. The lowest BCUT2D eigenvalue weighted by atomic mass is 9.79. The highest BCUT2D eigenvalue weighted by atomic mass is 16.6. The van der Waals surface area contributed by atoms with Crippen molar-refractivity contribution >= 4 is 5.96 Å². The van der Waals surface area contributed by atoms with Crippen molar-refractivity contribution in [2.75, 3.05) is 39.4 Å². The summed E-state index contributed by atoms with van der Waals surface area (Å²) in [5, 5.41) is 7.92. The van der Waals surface area contributed by atoms with Gasteiger partial charge in [-0.05, 0) is 49.4 Å². The van der Waals surface area contributed by atoms with Crippen LogP contribution in [-0.4, -0.2) is 60.0 Å². The van der Waals surface area contributed by atoms with E-state index in [1.807, 2.05) is 17.9 Å². The molecular weight excluding hydrogens is 402 g/mol. The minimum absolute atomic E-state index is 0.0823. The summed E-state index contributed by atoms with van der Waals surface area (Å²) in [4.78, 5) is 7.63. The van der Waals surface area contributed by atoms with Crippen LogP contribution in [0.3, 0.4) is 0 Å². The molecule has 1 aromatic heterocycles. The topological polar surface area (TPSA) is 63.9 Å². The molecule has 5 rings (SSSR count). The first-order valence-corrected chi connectivity index (χ1v) is 12.1. The number of aromatic nitrogens is 2. The standard InChI is InChI=1S/C25H35N5O2/c1-3-26-24(30-11-8-19(17-30)20-15-28-29(2)16-20)27-18-25(9-4-5-10-25)21-6-7-22-23(14-21)32-13-12-31-22/h6-7,14-16,19H,3-5,8-13,17-18H2,1-2H3,(H,26,27). The molecule has 0 bridgehead atoms. The molecule has 1 aromatic carbocycles. The van der Waals surface area contributed by atoms with Crippen molar-refractivity contribution in [3.05, 3.63) is 41.7 Å². The minimum atomic E-state index is 0.0823. The SMILES string of the molecule is CCNC(=NCC1(c2ccc3c(c2)OCCO3)CCCC1)N1CCC(c2cnn(C)c2)C1. The molecule has 1 N–H and O–H groups in total. The molecule has 1 saturated heterocycles. The molecule has 0 radical (unpaired) electrons. The van der Waals surface area contributed by atoms with Gasteiger partial charge < -0.3 is 19.7 Å². The first-order valence-electron chi connectivity index (χ1n) is 12.1. The van der Waals surface area contributed by atoms with Crippen molar-refractivity contribution in [2.24, 2.45) is 12.0 Å². The fourth-order valence-electron chi connectivity index (χ4n) is 5.49. The average Bonchev–Trinajstić information content (AvgIpc) is 3.57. The highest BCUT2D eigenvalue weighted by molar-refractivity contribution is 5.80. The molecule has 3 aliphatic rings. The van der Waals surface area contributed by atoms with Gasteiger partial charge >= 0.3 is 0 Å². The highest BCUT2D eigenvalue weighted by Crippen LogP contribution is 2.44. The summed E-state index contributed by atoms with van der Waals surface area (Å²) >= 11 is 0. The van der Waals surface area contributed by atoms with Gasteiger partial charge in [-0.3, -0.25) is 9.67 Å². The van der Waals surface area contributed by atoms with Crippen molar-refractivity contribution in [1.29, 1.82) is 0 Å². The Morgan fingerprint density at radius 1 is 1.22 bits per heavy atom. The summed E-state index contributed by atoms with van der Waals surface area (Å²) in [6.45, 7) is 7.11. The Morgan fingerprint density at radius 2 is 2.03 bits per heavy atom.